The monoisotopic (exact) mass is 311 g/mol. The number of hydrogen-bond acceptors (Lipinski definition) is 3. The van der Waals surface area contributed by atoms with Crippen LogP contribution in [0.25, 0.3) is 0 Å². The van der Waals surface area contributed by atoms with Crippen LogP contribution >= 0.6 is 27.3 Å². The van der Waals surface area contributed by atoms with Gasteiger partial charge in [0.25, 0.3) is 0 Å². The number of benzene rings is 1. The Morgan fingerprint density at radius 2 is 2.12 bits per heavy atom. The number of ether oxygens (including phenoxy) is 1. The van der Waals surface area contributed by atoms with Crippen molar-refractivity contribution in [1.82, 2.24) is 0 Å². The maximum absolute atomic E-state index is 6.45. The van der Waals surface area contributed by atoms with Crippen LogP contribution in [0, 0.1) is 0 Å². The molecule has 1 aromatic heterocycles. The van der Waals surface area contributed by atoms with Gasteiger partial charge in [0, 0.05) is 15.4 Å². The van der Waals surface area contributed by atoms with E-state index in [4.69, 9.17) is 10.5 Å². The molecule has 0 aliphatic rings. The van der Waals surface area contributed by atoms with Gasteiger partial charge in [0.15, 0.2) is 0 Å². The molecule has 2 nitrogen and oxygen atoms in total. The van der Waals surface area contributed by atoms with Gasteiger partial charge in [-0.15, -0.1) is 0 Å². The lowest BCUT2D eigenvalue weighted by molar-refractivity contribution is 0.413. The molecule has 1 atom stereocenters. The number of thiophene rings is 1. The quantitative estimate of drug-likeness (QED) is 0.937. The van der Waals surface area contributed by atoms with Gasteiger partial charge in [0.05, 0.1) is 12.6 Å². The normalized spacial score (nSPS) is 14.4. The maximum atomic E-state index is 6.45. The van der Waals surface area contributed by atoms with E-state index in [0.29, 0.717) is 0 Å². The van der Waals surface area contributed by atoms with Gasteiger partial charge < -0.3 is 10.5 Å². The molecular weight excluding hydrogens is 298 g/mol. The maximum Gasteiger partial charge on any atom is 0.119 e. The zero-order valence-corrected chi connectivity index (χ0v) is 12.1. The Bertz CT molecular complexity index is 522. The first-order valence-electron chi connectivity index (χ1n) is 5.21. The predicted octanol–water partition coefficient (Wildman–Crippen LogP) is 3.74. The summed E-state index contributed by atoms with van der Waals surface area (Å²) in [6, 6.07) is 7.87. The minimum atomic E-state index is -0.520. The minimum absolute atomic E-state index is 0.520. The molecule has 2 rings (SSSR count). The first-order chi connectivity index (χ1) is 8.05. The van der Waals surface area contributed by atoms with Crippen LogP contribution in [-0.2, 0) is 5.54 Å². The molecule has 0 spiro atoms. The Morgan fingerprint density at radius 3 is 2.71 bits per heavy atom. The van der Waals surface area contributed by atoms with Gasteiger partial charge in [-0.1, -0.05) is 12.1 Å². The molecule has 17 heavy (non-hydrogen) atoms. The number of hydrogen-bond donors (Lipinski definition) is 1. The molecule has 0 radical (unpaired) electrons. The van der Waals surface area contributed by atoms with Crippen LogP contribution in [0.15, 0.2) is 39.5 Å². The summed E-state index contributed by atoms with van der Waals surface area (Å²) < 4.78 is 6.28. The molecule has 0 amide bonds. The van der Waals surface area contributed by atoms with Crippen LogP contribution in [0.5, 0.6) is 5.75 Å². The smallest absolute Gasteiger partial charge is 0.119 e. The van der Waals surface area contributed by atoms with Gasteiger partial charge >= 0.3 is 0 Å². The zero-order valence-electron chi connectivity index (χ0n) is 9.74. The summed E-state index contributed by atoms with van der Waals surface area (Å²) in [5.41, 5.74) is 8.06. The van der Waals surface area contributed by atoms with Crippen LogP contribution in [0.4, 0.5) is 0 Å². The largest absolute Gasteiger partial charge is 0.497 e. The number of methoxy groups -OCH3 is 1. The highest BCUT2D eigenvalue weighted by molar-refractivity contribution is 9.10. The van der Waals surface area contributed by atoms with E-state index in [1.54, 1.807) is 18.4 Å². The molecule has 2 N–H and O–H groups in total. The molecule has 0 bridgehead atoms. The summed E-state index contributed by atoms with van der Waals surface area (Å²) in [4.78, 5) is 0. The molecule has 1 aromatic carbocycles. The summed E-state index contributed by atoms with van der Waals surface area (Å²) in [5, 5.41) is 4.12. The van der Waals surface area contributed by atoms with Crippen LogP contribution in [0.3, 0.4) is 0 Å². The second kappa shape index (κ2) is 4.80. The third-order valence-electron chi connectivity index (χ3n) is 2.84. The molecular formula is C13H14BrNOS. The van der Waals surface area contributed by atoms with Crippen LogP contribution in [0.1, 0.15) is 18.1 Å². The molecule has 0 saturated heterocycles. The van der Waals surface area contributed by atoms with Gasteiger partial charge in [0.1, 0.15) is 5.75 Å². The fourth-order valence-electron chi connectivity index (χ4n) is 1.75. The fourth-order valence-corrected chi connectivity index (χ4v) is 3.58. The third kappa shape index (κ3) is 2.39. The molecule has 0 fully saturated rings. The number of rotatable bonds is 3. The van der Waals surface area contributed by atoms with Crippen molar-refractivity contribution in [2.45, 2.75) is 12.5 Å². The van der Waals surface area contributed by atoms with Gasteiger partial charge in [-0.25, -0.2) is 0 Å². The van der Waals surface area contributed by atoms with Gasteiger partial charge in [-0.3, -0.25) is 0 Å². The van der Waals surface area contributed by atoms with E-state index < -0.39 is 5.54 Å². The summed E-state index contributed by atoms with van der Waals surface area (Å²) in [5.74, 6) is 0.825. The Hall–Kier alpha value is -0.840. The van der Waals surface area contributed by atoms with Crippen molar-refractivity contribution in [2.24, 2.45) is 5.73 Å². The van der Waals surface area contributed by atoms with Crippen molar-refractivity contribution in [3.8, 4) is 5.75 Å². The summed E-state index contributed by atoms with van der Waals surface area (Å²) in [6.07, 6.45) is 0. The third-order valence-corrected chi connectivity index (χ3v) is 4.55. The Morgan fingerprint density at radius 1 is 1.35 bits per heavy atom. The lowest BCUT2D eigenvalue weighted by Gasteiger charge is -2.25. The average Bonchev–Trinajstić information content (AvgIpc) is 2.76. The van der Waals surface area contributed by atoms with Crippen molar-refractivity contribution < 1.29 is 4.74 Å². The second-order valence-electron chi connectivity index (χ2n) is 4.07. The standard InChI is InChI=1S/C13H14BrNOS/c1-13(15,11-7-17-8-12(11)14)9-4-3-5-10(6-9)16-2/h3-8H,15H2,1-2H3. The van der Waals surface area contributed by atoms with Gasteiger partial charge in [0.2, 0.25) is 0 Å². The van der Waals surface area contributed by atoms with E-state index >= 15 is 0 Å². The summed E-state index contributed by atoms with van der Waals surface area (Å²) in [6.45, 7) is 2.01. The molecule has 0 saturated carbocycles. The van der Waals surface area contributed by atoms with Crippen molar-refractivity contribution >= 4 is 27.3 Å². The SMILES string of the molecule is COc1cccc(C(C)(N)c2cscc2Br)c1. The molecule has 4 heteroatoms. The van der Waals surface area contributed by atoms with E-state index in [2.05, 4.69) is 21.3 Å². The van der Waals surface area contributed by atoms with Gasteiger partial charge in [-0.2, -0.15) is 11.3 Å². The van der Waals surface area contributed by atoms with E-state index in [9.17, 15) is 0 Å². The second-order valence-corrected chi connectivity index (χ2v) is 5.67. The highest BCUT2D eigenvalue weighted by Crippen LogP contribution is 2.35. The Kier molecular flexibility index (Phi) is 3.56. The zero-order chi connectivity index (χ0) is 12.5. The molecule has 90 valence electrons. The van der Waals surface area contributed by atoms with Crippen molar-refractivity contribution in [3.05, 3.63) is 50.6 Å². The minimum Gasteiger partial charge on any atom is -0.497 e. The first-order valence-corrected chi connectivity index (χ1v) is 6.95. The van der Waals surface area contributed by atoms with Gasteiger partial charge in [-0.05, 0) is 45.9 Å². The highest BCUT2D eigenvalue weighted by atomic mass is 79.9. The van der Waals surface area contributed by atoms with E-state index in [0.717, 1.165) is 21.3 Å². The van der Waals surface area contributed by atoms with E-state index in [1.165, 1.54) is 0 Å². The first kappa shape index (κ1) is 12.6. The van der Waals surface area contributed by atoms with Crippen LogP contribution < -0.4 is 10.5 Å². The molecule has 1 unspecified atom stereocenters. The van der Waals surface area contributed by atoms with Crippen molar-refractivity contribution in [1.29, 1.82) is 0 Å². The molecule has 0 aliphatic heterocycles. The summed E-state index contributed by atoms with van der Waals surface area (Å²) in [7, 11) is 1.66. The topological polar surface area (TPSA) is 35.2 Å². The number of halogens is 1. The number of nitrogens with two attached hydrogens (primary N) is 1. The van der Waals surface area contributed by atoms with Crippen molar-refractivity contribution in [3.63, 3.8) is 0 Å². The molecule has 1 heterocycles. The molecule has 2 aromatic rings. The summed E-state index contributed by atoms with van der Waals surface area (Å²) >= 11 is 5.17. The Labute approximate surface area is 114 Å². The highest BCUT2D eigenvalue weighted by Gasteiger charge is 2.26. The molecule has 0 aliphatic carbocycles. The Balaban J connectivity index is 2.47. The van der Waals surface area contributed by atoms with Crippen LogP contribution in [-0.4, -0.2) is 7.11 Å². The predicted molar refractivity (Wildman–Crippen MR) is 75.7 cm³/mol. The van der Waals surface area contributed by atoms with Crippen LogP contribution in [0.2, 0.25) is 0 Å². The lowest BCUT2D eigenvalue weighted by atomic mass is 9.87. The lowest BCUT2D eigenvalue weighted by Crippen LogP contribution is -2.34. The van der Waals surface area contributed by atoms with E-state index in [-0.39, 0.29) is 0 Å². The fraction of sp³-hybridized carbons (Fsp3) is 0.231. The average molecular weight is 312 g/mol. The van der Waals surface area contributed by atoms with Crippen molar-refractivity contribution in [2.75, 3.05) is 7.11 Å². The van der Waals surface area contributed by atoms with E-state index in [1.807, 2.05) is 36.6 Å².